The average molecular weight is 351 g/mol. The van der Waals surface area contributed by atoms with Crippen LogP contribution in [-0.2, 0) is 0 Å². The van der Waals surface area contributed by atoms with E-state index in [9.17, 15) is 0 Å². The topological polar surface area (TPSA) is 0 Å². The Morgan fingerprint density at radius 1 is 0.688 bits per heavy atom. The third kappa shape index (κ3) is 7.47. The van der Waals surface area contributed by atoms with Gasteiger partial charge < -0.3 is 0 Å². The number of thiol groups is 1. The fourth-order valence-corrected chi connectivity index (χ4v) is 20.9. The van der Waals surface area contributed by atoms with Gasteiger partial charge in [-0.05, 0) is 0 Å². The van der Waals surface area contributed by atoms with Gasteiger partial charge >= 0.3 is 114 Å². The van der Waals surface area contributed by atoms with E-state index in [1.165, 1.54) is 43.0 Å². The number of rotatable bonds is 11. The summed E-state index contributed by atoms with van der Waals surface area (Å²) in [4.78, 5) is 0. The van der Waals surface area contributed by atoms with Crippen LogP contribution in [-0.4, -0.2) is 24.1 Å². The molecule has 0 rings (SSSR count). The van der Waals surface area contributed by atoms with Crippen molar-refractivity contribution in [2.75, 3.05) is 5.75 Å². The van der Waals surface area contributed by atoms with Crippen molar-refractivity contribution in [1.29, 1.82) is 0 Å². The van der Waals surface area contributed by atoms with Gasteiger partial charge in [0.1, 0.15) is 0 Å². The van der Waals surface area contributed by atoms with Gasteiger partial charge in [0.05, 0.1) is 0 Å². The summed E-state index contributed by atoms with van der Waals surface area (Å²) in [6.45, 7) is 7.03. The number of unbranched alkanes of at least 4 members (excludes halogenated alkanes) is 3. The molecule has 0 bridgehead atoms. The summed E-state index contributed by atoms with van der Waals surface area (Å²) in [7, 11) is 0. The Morgan fingerprint density at radius 3 is 1.31 bits per heavy atom. The Labute approximate surface area is 113 Å². The Kier molecular flexibility index (Phi) is 12.1. The SMILES string of the molecule is CCC[CH2][Sn]([CH2]CS)([CH2]CCC)[CH2]CCC. The molecule has 2 heteroatoms. The summed E-state index contributed by atoms with van der Waals surface area (Å²) in [5, 5.41) is 0. The maximum absolute atomic E-state index is 4.53. The zero-order valence-corrected chi connectivity index (χ0v) is 15.5. The van der Waals surface area contributed by atoms with Gasteiger partial charge in [-0.1, -0.05) is 0 Å². The van der Waals surface area contributed by atoms with Gasteiger partial charge in [-0.15, -0.1) is 0 Å². The molecule has 0 saturated heterocycles. The molecule has 0 heterocycles. The Balaban J connectivity index is 4.32. The van der Waals surface area contributed by atoms with Crippen LogP contribution in [0, 0.1) is 0 Å². The molecule has 0 N–H and O–H groups in total. The van der Waals surface area contributed by atoms with E-state index in [2.05, 4.69) is 33.4 Å². The van der Waals surface area contributed by atoms with Crippen molar-refractivity contribution < 1.29 is 0 Å². The summed E-state index contributed by atoms with van der Waals surface area (Å²) < 4.78 is 6.47. The molecule has 0 aromatic carbocycles. The predicted molar refractivity (Wildman–Crippen MR) is 83.6 cm³/mol. The summed E-state index contributed by atoms with van der Waals surface area (Å²) in [6.07, 6.45) is 8.67. The van der Waals surface area contributed by atoms with E-state index in [0.717, 1.165) is 5.75 Å². The molecular weight excluding hydrogens is 319 g/mol. The Morgan fingerprint density at radius 2 is 1.06 bits per heavy atom. The van der Waals surface area contributed by atoms with Crippen LogP contribution in [0.4, 0.5) is 0 Å². The van der Waals surface area contributed by atoms with Crippen molar-refractivity contribution in [2.24, 2.45) is 0 Å². The molecular formula is C14H32SSn. The van der Waals surface area contributed by atoms with Gasteiger partial charge in [0, 0.05) is 0 Å². The van der Waals surface area contributed by atoms with Crippen molar-refractivity contribution in [2.45, 2.75) is 77.0 Å². The molecule has 0 aliphatic carbocycles. The second kappa shape index (κ2) is 11.3. The number of hydrogen-bond donors (Lipinski definition) is 1. The minimum atomic E-state index is -1.74. The summed E-state index contributed by atoms with van der Waals surface area (Å²) >= 11 is 2.80. The van der Waals surface area contributed by atoms with Gasteiger partial charge in [0.2, 0.25) is 0 Å². The predicted octanol–water partition coefficient (Wildman–Crippen LogP) is 5.77. The summed E-state index contributed by atoms with van der Waals surface area (Å²) in [6, 6.07) is 0. The maximum atomic E-state index is 4.53. The number of hydrogen-bond acceptors (Lipinski definition) is 1. The fourth-order valence-electron chi connectivity index (χ4n) is 2.64. The average Bonchev–Trinajstić information content (AvgIpc) is 2.31. The van der Waals surface area contributed by atoms with Crippen LogP contribution in [0.3, 0.4) is 0 Å². The van der Waals surface area contributed by atoms with E-state index < -0.39 is 18.4 Å². The first-order valence-electron chi connectivity index (χ1n) is 7.35. The van der Waals surface area contributed by atoms with Gasteiger partial charge in [-0.25, -0.2) is 0 Å². The van der Waals surface area contributed by atoms with Crippen molar-refractivity contribution in [3.8, 4) is 0 Å². The molecule has 0 aliphatic rings. The van der Waals surface area contributed by atoms with Crippen molar-refractivity contribution in [3.63, 3.8) is 0 Å². The molecule has 16 heavy (non-hydrogen) atoms. The first kappa shape index (κ1) is 17.1. The molecule has 98 valence electrons. The van der Waals surface area contributed by atoms with E-state index in [4.69, 9.17) is 0 Å². The van der Waals surface area contributed by atoms with E-state index in [-0.39, 0.29) is 0 Å². The second-order valence-corrected chi connectivity index (χ2v) is 20.0. The molecule has 0 amide bonds. The van der Waals surface area contributed by atoms with Crippen LogP contribution < -0.4 is 0 Å². The zero-order chi connectivity index (χ0) is 12.3. The quantitative estimate of drug-likeness (QED) is 0.355. The van der Waals surface area contributed by atoms with E-state index in [1.54, 1.807) is 13.3 Å². The third-order valence-corrected chi connectivity index (χ3v) is 21.1. The van der Waals surface area contributed by atoms with Crippen LogP contribution >= 0.6 is 12.6 Å². The van der Waals surface area contributed by atoms with Gasteiger partial charge in [-0.2, -0.15) is 0 Å². The monoisotopic (exact) mass is 352 g/mol. The molecule has 0 atom stereocenters. The molecule has 0 nitrogen and oxygen atoms in total. The van der Waals surface area contributed by atoms with Gasteiger partial charge in [0.15, 0.2) is 0 Å². The fraction of sp³-hybridized carbons (Fsp3) is 1.00. The van der Waals surface area contributed by atoms with Crippen LogP contribution in [0.1, 0.15) is 59.3 Å². The first-order valence-corrected chi connectivity index (χ1v) is 16.1. The van der Waals surface area contributed by atoms with Crippen LogP contribution in [0.15, 0.2) is 0 Å². The molecule has 0 fully saturated rings. The molecule has 0 radical (unpaired) electrons. The second-order valence-electron chi connectivity index (χ2n) is 5.28. The van der Waals surface area contributed by atoms with E-state index in [1.807, 2.05) is 0 Å². The normalized spacial score (nSPS) is 12.0. The van der Waals surface area contributed by atoms with Crippen molar-refractivity contribution >= 4 is 31.0 Å². The van der Waals surface area contributed by atoms with E-state index >= 15 is 0 Å². The zero-order valence-electron chi connectivity index (χ0n) is 11.7. The van der Waals surface area contributed by atoms with E-state index in [0.29, 0.717) is 0 Å². The Hall–Kier alpha value is 1.15. The molecule has 0 saturated carbocycles. The first-order chi connectivity index (χ1) is 7.74. The van der Waals surface area contributed by atoms with Gasteiger partial charge in [0.25, 0.3) is 0 Å². The van der Waals surface area contributed by atoms with Crippen molar-refractivity contribution in [3.05, 3.63) is 0 Å². The van der Waals surface area contributed by atoms with Crippen LogP contribution in [0.5, 0.6) is 0 Å². The summed E-state index contributed by atoms with van der Waals surface area (Å²) in [5.41, 5.74) is 0. The standard InChI is InChI=1S/3C4H9.C2H5S.Sn/c3*1-3-4-2;1-2-3;/h3*1,3-4H2,2H3;3H,1-2H2;. The van der Waals surface area contributed by atoms with Crippen LogP contribution in [0.25, 0.3) is 0 Å². The molecule has 0 spiro atoms. The minimum absolute atomic E-state index is 1.16. The molecule has 0 aromatic heterocycles. The third-order valence-electron chi connectivity index (χ3n) is 3.82. The molecule has 0 aliphatic heterocycles. The summed E-state index contributed by atoms with van der Waals surface area (Å²) in [5.74, 6) is 1.16. The molecule has 0 aromatic rings. The van der Waals surface area contributed by atoms with Crippen LogP contribution in [0.2, 0.25) is 17.7 Å². The Bertz CT molecular complexity index is 126. The molecule has 0 unspecified atom stereocenters. The van der Waals surface area contributed by atoms with Gasteiger partial charge in [-0.3, -0.25) is 0 Å². The van der Waals surface area contributed by atoms with Crippen molar-refractivity contribution in [1.82, 2.24) is 0 Å².